The normalized spacial score (nSPS) is 24.1. The molecule has 1 aliphatic rings. The zero-order valence-corrected chi connectivity index (χ0v) is 31.6. The summed E-state index contributed by atoms with van der Waals surface area (Å²) >= 11 is 0. The number of unbranched alkanes of at least 4 members (excludes halogenated alkanes) is 19. The number of ether oxygens (including phenoxy) is 2. The number of esters is 2. The van der Waals surface area contributed by atoms with E-state index >= 15 is 0 Å². The predicted molar refractivity (Wildman–Crippen MR) is 189 cm³/mol. The van der Waals surface area contributed by atoms with Crippen molar-refractivity contribution in [3.63, 3.8) is 0 Å². The van der Waals surface area contributed by atoms with E-state index in [0.29, 0.717) is 12.8 Å². The Hall–Kier alpha value is -1.15. The fraction of sp³-hybridized carbons (Fsp3) is 0.944. The number of carbonyl (C=O) groups is 2. The molecule has 13 nitrogen and oxygen atoms in total. The summed E-state index contributed by atoms with van der Waals surface area (Å²) in [6, 6.07) is 0. The highest BCUT2D eigenvalue weighted by Gasteiger charge is 2.51. The maximum absolute atomic E-state index is 12.7. The molecule has 0 radical (unpaired) electrons. The number of rotatable bonds is 31. The molecule has 6 unspecified atom stereocenters. The molecule has 0 aliphatic heterocycles. The van der Waals surface area contributed by atoms with Crippen molar-refractivity contribution in [3.8, 4) is 0 Å². The average molecular weight is 741 g/mol. The molecule has 50 heavy (non-hydrogen) atoms. The van der Waals surface area contributed by atoms with Gasteiger partial charge in [-0.25, -0.2) is 4.57 Å². The number of carbonyl (C=O) groups excluding carboxylic acids is 2. The zero-order valence-electron chi connectivity index (χ0n) is 30.7. The first-order chi connectivity index (χ1) is 23.9. The van der Waals surface area contributed by atoms with Crippen LogP contribution < -0.4 is 0 Å². The Labute approximate surface area is 300 Å². The second-order valence-corrected chi connectivity index (χ2v) is 15.2. The first kappa shape index (κ1) is 46.9. The Bertz CT molecular complexity index is 906. The van der Waals surface area contributed by atoms with Crippen LogP contribution in [0, 0.1) is 0 Å². The van der Waals surface area contributed by atoms with Crippen molar-refractivity contribution in [3.05, 3.63) is 0 Å². The largest absolute Gasteiger partial charge is 0.472 e. The van der Waals surface area contributed by atoms with Crippen molar-refractivity contribution in [2.24, 2.45) is 0 Å². The van der Waals surface area contributed by atoms with Crippen LogP contribution in [-0.2, 0) is 32.7 Å². The maximum atomic E-state index is 12.7. The first-order valence-corrected chi connectivity index (χ1v) is 20.8. The van der Waals surface area contributed by atoms with Crippen LogP contribution >= 0.6 is 7.82 Å². The zero-order chi connectivity index (χ0) is 37.2. The molecule has 1 aliphatic carbocycles. The van der Waals surface area contributed by atoms with E-state index < -0.39 is 75.7 Å². The fourth-order valence-electron chi connectivity index (χ4n) is 5.99. The molecule has 0 aromatic heterocycles. The Balaban J connectivity index is 2.55. The Kier molecular flexibility index (Phi) is 26.6. The highest BCUT2D eigenvalue weighted by molar-refractivity contribution is 7.47. The van der Waals surface area contributed by atoms with Gasteiger partial charge in [0.2, 0.25) is 0 Å². The third kappa shape index (κ3) is 21.4. The second kappa shape index (κ2) is 28.4. The molecule has 0 amide bonds. The van der Waals surface area contributed by atoms with Crippen LogP contribution in [0.3, 0.4) is 0 Å². The van der Waals surface area contributed by atoms with Crippen LogP contribution in [0.15, 0.2) is 0 Å². The molecule has 1 fully saturated rings. The minimum Gasteiger partial charge on any atom is -0.462 e. The quantitative estimate of drug-likeness (QED) is 0.0284. The summed E-state index contributed by atoms with van der Waals surface area (Å²) in [6.45, 7) is 3.24. The van der Waals surface area contributed by atoms with Crippen molar-refractivity contribution in [1.29, 1.82) is 0 Å². The summed E-state index contributed by atoms with van der Waals surface area (Å²) in [5.41, 5.74) is 0. The molecule has 0 saturated heterocycles. The minimum absolute atomic E-state index is 0.103. The van der Waals surface area contributed by atoms with Crippen molar-refractivity contribution < 1.29 is 63.1 Å². The number of aliphatic hydroxyl groups excluding tert-OH is 5. The molecule has 6 N–H and O–H groups in total. The van der Waals surface area contributed by atoms with Gasteiger partial charge < -0.3 is 39.9 Å². The summed E-state index contributed by atoms with van der Waals surface area (Å²) in [7, 11) is -5.10. The van der Waals surface area contributed by atoms with Crippen LogP contribution in [0.2, 0.25) is 0 Å². The number of phosphoric ester groups is 1. The predicted octanol–water partition coefficient (Wildman–Crippen LogP) is 5.77. The van der Waals surface area contributed by atoms with Crippen LogP contribution in [0.5, 0.6) is 0 Å². The summed E-state index contributed by atoms with van der Waals surface area (Å²) in [6.07, 6.45) is 10.5. The summed E-state index contributed by atoms with van der Waals surface area (Å²) < 4.78 is 33.3. The summed E-state index contributed by atoms with van der Waals surface area (Å²) in [5.74, 6) is -1.10. The van der Waals surface area contributed by atoms with Gasteiger partial charge in [0.1, 0.15) is 43.2 Å². The third-order valence-corrected chi connectivity index (χ3v) is 10.2. The lowest BCUT2D eigenvalue weighted by Crippen LogP contribution is -2.64. The lowest BCUT2D eigenvalue weighted by Gasteiger charge is -2.41. The van der Waals surface area contributed by atoms with Gasteiger partial charge in [0, 0.05) is 12.8 Å². The summed E-state index contributed by atoms with van der Waals surface area (Å²) in [4.78, 5) is 35.3. The molecule has 0 bridgehead atoms. The van der Waals surface area contributed by atoms with E-state index in [1.165, 1.54) is 77.0 Å². The number of hydrogen-bond donors (Lipinski definition) is 6. The Morgan fingerprint density at radius 2 is 0.900 bits per heavy atom. The Morgan fingerprint density at radius 1 is 0.540 bits per heavy atom. The standard InChI is InChI=1S/C36H69O13P/c1-3-5-7-9-11-13-15-17-19-21-23-25-30(38)48-28(26-46-29(37)24-22-20-18-16-14-12-10-8-6-4-2)27-47-50(44,45)49-36-34(42)32(40)31(39)33(41)35(36)43/h28,31-36,39-43H,3-27H2,1-2H3,(H,44,45)/t28-,31?,32-,33?,34?,35?,36?/m1/s1. The maximum Gasteiger partial charge on any atom is 0.472 e. The van der Waals surface area contributed by atoms with E-state index in [0.717, 1.165) is 44.9 Å². The van der Waals surface area contributed by atoms with Crippen molar-refractivity contribution in [1.82, 2.24) is 0 Å². The average Bonchev–Trinajstić information content (AvgIpc) is 3.09. The fourth-order valence-corrected chi connectivity index (χ4v) is 6.96. The van der Waals surface area contributed by atoms with E-state index in [9.17, 15) is 44.6 Å². The molecule has 1 rings (SSSR count). The molecular formula is C36H69O13P. The van der Waals surface area contributed by atoms with Gasteiger partial charge in [-0.1, -0.05) is 136 Å². The monoisotopic (exact) mass is 740 g/mol. The molecule has 296 valence electrons. The molecule has 1 saturated carbocycles. The second-order valence-electron chi connectivity index (χ2n) is 13.8. The topological polar surface area (TPSA) is 210 Å². The molecule has 0 heterocycles. The van der Waals surface area contributed by atoms with Gasteiger partial charge in [-0.05, 0) is 12.8 Å². The molecule has 0 spiro atoms. The van der Waals surface area contributed by atoms with Crippen molar-refractivity contribution >= 4 is 19.8 Å². The van der Waals surface area contributed by atoms with Gasteiger partial charge >= 0.3 is 19.8 Å². The minimum atomic E-state index is -5.10. The van der Waals surface area contributed by atoms with Crippen LogP contribution in [-0.4, -0.2) is 98.3 Å². The molecule has 0 aromatic carbocycles. The van der Waals surface area contributed by atoms with Crippen LogP contribution in [0.4, 0.5) is 0 Å². The van der Waals surface area contributed by atoms with E-state index in [-0.39, 0.29) is 12.8 Å². The van der Waals surface area contributed by atoms with E-state index in [1.54, 1.807) is 0 Å². The van der Waals surface area contributed by atoms with Gasteiger partial charge in [0.05, 0.1) is 6.61 Å². The Morgan fingerprint density at radius 3 is 1.32 bits per heavy atom. The van der Waals surface area contributed by atoms with Crippen LogP contribution in [0.25, 0.3) is 0 Å². The van der Waals surface area contributed by atoms with Crippen LogP contribution in [0.1, 0.15) is 162 Å². The lowest BCUT2D eigenvalue weighted by molar-refractivity contribution is -0.220. The first-order valence-electron chi connectivity index (χ1n) is 19.3. The van der Waals surface area contributed by atoms with Crippen molar-refractivity contribution in [2.75, 3.05) is 13.2 Å². The van der Waals surface area contributed by atoms with Crippen molar-refractivity contribution in [2.45, 2.75) is 204 Å². The SMILES string of the molecule is CCCCCCCCCCCCCC(=O)O[C@H](COC(=O)CCCCCCCCCCCC)COP(=O)(O)OC1C(O)C(O)C(O)[C@@H](O)C1O. The van der Waals surface area contributed by atoms with E-state index in [1.807, 2.05) is 0 Å². The third-order valence-electron chi connectivity index (χ3n) is 9.20. The highest BCUT2D eigenvalue weighted by Crippen LogP contribution is 2.47. The number of aliphatic hydroxyl groups is 5. The van der Waals surface area contributed by atoms with Gasteiger partial charge in [0.25, 0.3) is 0 Å². The highest BCUT2D eigenvalue weighted by atomic mass is 31.2. The molecular weight excluding hydrogens is 671 g/mol. The lowest BCUT2D eigenvalue weighted by atomic mass is 9.85. The smallest absolute Gasteiger partial charge is 0.462 e. The van der Waals surface area contributed by atoms with Gasteiger partial charge in [-0.3, -0.25) is 18.6 Å². The molecule has 14 heteroatoms. The molecule has 8 atom stereocenters. The van der Waals surface area contributed by atoms with E-state index in [4.69, 9.17) is 18.5 Å². The summed E-state index contributed by atoms with van der Waals surface area (Å²) in [5, 5.41) is 49.8. The number of phosphoric acid groups is 1. The van der Waals surface area contributed by atoms with Gasteiger partial charge in [-0.2, -0.15) is 0 Å². The van der Waals surface area contributed by atoms with Gasteiger partial charge in [0.15, 0.2) is 6.10 Å². The van der Waals surface area contributed by atoms with Gasteiger partial charge in [-0.15, -0.1) is 0 Å². The van der Waals surface area contributed by atoms with E-state index in [2.05, 4.69) is 13.8 Å². The molecule has 0 aromatic rings. The number of hydrogen-bond acceptors (Lipinski definition) is 12.